The van der Waals surface area contributed by atoms with Crippen LogP contribution in [0.25, 0.3) is 0 Å². The van der Waals surface area contributed by atoms with E-state index >= 15 is 0 Å². The summed E-state index contributed by atoms with van der Waals surface area (Å²) in [5, 5.41) is 0. The van der Waals surface area contributed by atoms with E-state index in [9.17, 15) is 13.2 Å². The van der Waals surface area contributed by atoms with Crippen LogP contribution in [-0.2, 0) is 28.4 Å². The van der Waals surface area contributed by atoms with Crippen LogP contribution in [0.2, 0.25) is 0 Å². The molecule has 1 aliphatic rings. The average molecular weight is 384 g/mol. The van der Waals surface area contributed by atoms with Crippen LogP contribution in [0, 0.1) is 5.92 Å². The van der Waals surface area contributed by atoms with Crippen molar-refractivity contribution in [2.24, 2.45) is 13.0 Å². The first kappa shape index (κ1) is 21.0. The van der Waals surface area contributed by atoms with Gasteiger partial charge in [-0.3, -0.25) is 4.79 Å². The Morgan fingerprint density at radius 1 is 1.35 bits per heavy atom. The molecule has 0 atom stereocenters. The lowest BCUT2D eigenvalue weighted by Gasteiger charge is -2.28. The fraction of sp³-hybridized carbons (Fsp3) is 0.737. The zero-order valence-corrected chi connectivity index (χ0v) is 17.3. The summed E-state index contributed by atoms with van der Waals surface area (Å²) < 4.78 is 28.8. The van der Waals surface area contributed by atoms with E-state index in [1.54, 1.807) is 4.90 Å². The highest BCUT2D eigenvalue weighted by Gasteiger charge is 2.38. The highest BCUT2D eigenvalue weighted by molar-refractivity contribution is 7.89. The summed E-state index contributed by atoms with van der Waals surface area (Å²) in [6, 6.07) is 3.97. The Balaban J connectivity index is 2.11. The Kier molecular flexibility index (Phi) is 7.29. The van der Waals surface area contributed by atoms with Gasteiger partial charge in [-0.1, -0.05) is 27.2 Å². The van der Waals surface area contributed by atoms with Crippen molar-refractivity contribution in [3.05, 3.63) is 24.0 Å². The summed E-state index contributed by atoms with van der Waals surface area (Å²) in [5.74, 6) is 0.354. The Morgan fingerprint density at radius 3 is 2.54 bits per heavy atom. The number of hydrogen-bond donors (Lipinski definition) is 0. The molecule has 1 amide bonds. The topological polar surface area (TPSA) is 62.6 Å². The van der Waals surface area contributed by atoms with Crippen molar-refractivity contribution in [3.8, 4) is 0 Å². The number of nitrogens with zero attached hydrogens (tertiary/aromatic N) is 3. The van der Waals surface area contributed by atoms with E-state index < -0.39 is 10.0 Å². The van der Waals surface area contributed by atoms with E-state index in [1.807, 2.05) is 36.9 Å². The van der Waals surface area contributed by atoms with Crippen molar-refractivity contribution in [3.63, 3.8) is 0 Å². The normalized spacial score (nSPS) is 15.0. The largest absolute Gasteiger partial charge is 0.353 e. The van der Waals surface area contributed by atoms with Gasteiger partial charge in [0, 0.05) is 31.5 Å². The van der Waals surface area contributed by atoms with Crippen LogP contribution in [0.4, 0.5) is 0 Å². The molecule has 7 heteroatoms. The minimum absolute atomic E-state index is 0.0109. The maximum absolute atomic E-state index is 13.0. The zero-order chi connectivity index (χ0) is 19.3. The SMILES string of the molecule is CCCCS(=O)(=O)N(CC(=O)N(Cc1cccn1C)CC(C)C)C1CC1. The molecular formula is C19H33N3O3S. The van der Waals surface area contributed by atoms with Crippen molar-refractivity contribution < 1.29 is 13.2 Å². The Morgan fingerprint density at radius 2 is 2.04 bits per heavy atom. The van der Waals surface area contributed by atoms with E-state index in [2.05, 4.69) is 13.8 Å². The lowest BCUT2D eigenvalue weighted by Crippen LogP contribution is -2.45. The molecule has 1 fully saturated rings. The van der Waals surface area contributed by atoms with Gasteiger partial charge >= 0.3 is 0 Å². The van der Waals surface area contributed by atoms with Gasteiger partial charge < -0.3 is 9.47 Å². The van der Waals surface area contributed by atoms with Crippen LogP contribution in [0.3, 0.4) is 0 Å². The van der Waals surface area contributed by atoms with E-state index in [0.717, 1.165) is 25.0 Å². The second kappa shape index (κ2) is 9.04. The van der Waals surface area contributed by atoms with Crippen molar-refractivity contribution in [1.29, 1.82) is 0 Å². The van der Waals surface area contributed by atoms with Gasteiger partial charge in [-0.2, -0.15) is 4.31 Å². The molecule has 0 aliphatic heterocycles. The third-order valence-electron chi connectivity index (χ3n) is 4.70. The van der Waals surface area contributed by atoms with Gasteiger partial charge in [0.25, 0.3) is 0 Å². The van der Waals surface area contributed by atoms with Crippen LogP contribution in [0.15, 0.2) is 18.3 Å². The first-order chi connectivity index (χ1) is 12.2. The summed E-state index contributed by atoms with van der Waals surface area (Å²) in [4.78, 5) is 14.8. The second-order valence-electron chi connectivity index (χ2n) is 7.72. The molecule has 0 N–H and O–H groups in total. The lowest BCUT2D eigenvalue weighted by atomic mass is 10.2. The van der Waals surface area contributed by atoms with Crippen LogP contribution in [-0.4, -0.2) is 53.0 Å². The number of carbonyl (C=O) groups is 1. The predicted octanol–water partition coefficient (Wildman–Crippen LogP) is 2.60. The quantitative estimate of drug-likeness (QED) is 0.590. The highest BCUT2D eigenvalue weighted by Crippen LogP contribution is 2.30. The molecule has 1 aromatic rings. The van der Waals surface area contributed by atoms with Gasteiger partial charge in [0.1, 0.15) is 0 Å². The average Bonchev–Trinajstić information content (AvgIpc) is 3.32. The standard InChI is InChI=1S/C19H33N3O3S/c1-5-6-12-26(24,25)22(17-9-10-17)15-19(23)21(13-16(2)3)14-18-8-7-11-20(18)4/h7-8,11,16-17H,5-6,9-10,12-15H2,1-4H3. The van der Waals surface area contributed by atoms with Gasteiger partial charge in [-0.15, -0.1) is 0 Å². The lowest BCUT2D eigenvalue weighted by molar-refractivity contribution is -0.132. The number of carbonyl (C=O) groups excluding carboxylic acids is 1. The van der Waals surface area contributed by atoms with Crippen LogP contribution < -0.4 is 0 Å². The smallest absolute Gasteiger partial charge is 0.238 e. The maximum atomic E-state index is 13.0. The molecular weight excluding hydrogens is 350 g/mol. The molecule has 1 saturated carbocycles. The van der Waals surface area contributed by atoms with Crippen molar-refractivity contribution in [1.82, 2.24) is 13.8 Å². The predicted molar refractivity (Wildman–Crippen MR) is 104 cm³/mol. The summed E-state index contributed by atoms with van der Waals surface area (Å²) >= 11 is 0. The van der Waals surface area contributed by atoms with Gasteiger partial charge in [0.05, 0.1) is 18.8 Å². The first-order valence-electron chi connectivity index (χ1n) is 9.62. The molecule has 0 bridgehead atoms. The van der Waals surface area contributed by atoms with E-state index in [0.29, 0.717) is 25.4 Å². The number of sulfonamides is 1. The van der Waals surface area contributed by atoms with Gasteiger partial charge in [0.15, 0.2) is 0 Å². The van der Waals surface area contributed by atoms with Crippen LogP contribution in [0.1, 0.15) is 52.1 Å². The molecule has 0 unspecified atom stereocenters. The van der Waals surface area contributed by atoms with Crippen LogP contribution >= 0.6 is 0 Å². The minimum atomic E-state index is -3.37. The molecule has 1 aliphatic carbocycles. The summed E-state index contributed by atoms with van der Waals surface area (Å²) in [5.41, 5.74) is 1.05. The van der Waals surface area contributed by atoms with Crippen LogP contribution in [0.5, 0.6) is 0 Å². The minimum Gasteiger partial charge on any atom is -0.353 e. The van der Waals surface area contributed by atoms with Crippen molar-refractivity contribution >= 4 is 15.9 Å². The molecule has 0 spiro atoms. The fourth-order valence-corrected chi connectivity index (χ4v) is 4.91. The molecule has 6 nitrogen and oxygen atoms in total. The van der Waals surface area contributed by atoms with Crippen molar-refractivity contribution in [2.75, 3.05) is 18.8 Å². The Labute approximate surface area is 158 Å². The summed E-state index contributed by atoms with van der Waals surface area (Å²) in [7, 11) is -1.41. The van der Waals surface area contributed by atoms with Gasteiger partial charge in [0.2, 0.25) is 15.9 Å². The number of unbranched alkanes of at least 4 members (excludes halogenated alkanes) is 1. The fourth-order valence-electron chi connectivity index (χ4n) is 3.05. The molecule has 0 aromatic carbocycles. The maximum Gasteiger partial charge on any atom is 0.238 e. The third-order valence-corrected chi connectivity index (χ3v) is 6.65. The molecule has 1 aromatic heterocycles. The summed E-state index contributed by atoms with van der Waals surface area (Å²) in [6.45, 7) is 7.22. The highest BCUT2D eigenvalue weighted by atomic mass is 32.2. The molecule has 1 heterocycles. The van der Waals surface area contributed by atoms with E-state index in [4.69, 9.17) is 0 Å². The molecule has 2 rings (SSSR count). The van der Waals surface area contributed by atoms with E-state index in [1.165, 1.54) is 4.31 Å². The number of hydrogen-bond acceptors (Lipinski definition) is 3. The second-order valence-corrected chi connectivity index (χ2v) is 9.77. The summed E-state index contributed by atoms with van der Waals surface area (Å²) in [6.07, 6.45) is 5.15. The number of amides is 1. The number of rotatable bonds is 11. The Hall–Kier alpha value is -1.34. The first-order valence-corrected chi connectivity index (χ1v) is 11.2. The monoisotopic (exact) mass is 383 g/mol. The molecule has 148 valence electrons. The molecule has 0 radical (unpaired) electrons. The number of aromatic nitrogens is 1. The van der Waals surface area contributed by atoms with Gasteiger partial charge in [-0.25, -0.2) is 8.42 Å². The zero-order valence-electron chi connectivity index (χ0n) is 16.5. The molecule has 0 saturated heterocycles. The Bertz CT molecular complexity index is 693. The molecule has 26 heavy (non-hydrogen) atoms. The number of aryl methyl sites for hydroxylation is 1. The van der Waals surface area contributed by atoms with E-state index in [-0.39, 0.29) is 24.2 Å². The van der Waals surface area contributed by atoms with Gasteiger partial charge in [-0.05, 0) is 37.3 Å². The van der Waals surface area contributed by atoms with Crippen molar-refractivity contribution in [2.45, 2.75) is 59.0 Å². The third kappa shape index (κ3) is 5.84.